The van der Waals surface area contributed by atoms with Crippen molar-refractivity contribution < 1.29 is 27.5 Å². The number of nitrogens with zero attached hydrogens (tertiary/aromatic N) is 2. The molecule has 0 amide bonds. The summed E-state index contributed by atoms with van der Waals surface area (Å²) in [6.07, 6.45) is -4.71. The van der Waals surface area contributed by atoms with Gasteiger partial charge in [0.05, 0.1) is 26.7 Å². The summed E-state index contributed by atoms with van der Waals surface area (Å²) in [7, 11) is 0. The van der Waals surface area contributed by atoms with E-state index in [0.717, 1.165) is 30.3 Å². The number of benzene rings is 2. The molecule has 0 spiro atoms. The van der Waals surface area contributed by atoms with E-state index in [9.17, 15) is 27.5 Å². The molecule has 2 aromatic carbocycles. The third-order valence-corrected chi connectivity index (χ3v) is 6.08. The molecule has 11 heteroatoms. The van der Waals surface area contributed by atoms with Gasteiger partial charge in [-0.1, -0.05) is 40.9 Å². The number of aliphatic carboxylic acids is 1. The molecule has 0 fully saturated rings. The van der Waals surface area contributed by atoms with Crippen molar-refractivity contribution in [1.82, 2.24) is 0 Å². The maximum Gasteiger partial charge on any atom is 0.404 e. The molecule has 0 N–H and O–H groups in total. The van der Waals surface area contributed by atoms with Gasteiger partial charge in [0, 0.05) is 18.1 Å². The van der Waals surface area contributed by atoms with Crippen LogP contribution in [0.5, 0.6) is 0 Å². The maximum atomic E-state index is 14.4. The molecule has 2 aromatic rings. The zero-order chi connectivity index (χ0) is 22.4. The lowest BCUT2D eigenvalue weighted by Gasteiger charge is -2.38. The van der Waals surface area contributed by atoms with Gasteiger partial charge in [0.15, 0.2) is 0 Å². The molecule has 3 atom stereocenters. The minimum absolute atomic E-state index is 0.101. The predicted octanol–water partition coefficient (Wildman–Crippen LogP) is 4.65. The maximum absolute atomic E-state index is 14.4. The van der Waals surface area contributed by atoms with Crippen LogP contribution in [0.3, 0.4) is 0 Å². The molecule has 1 heterocycles. The van der Waals surface area contributed by atoms with Crippen LogP contribution in [0.2, 0.25) is 15.1 Å². The number of nitriles is 1. The van der Waals surface area contributed by atoms with Gasteiger partial charge in [-0.25, -0.2) is 4.39 Å². The van der Waals surface area contributed by atoms with Crippen molar-refractivity contribution in [2.45, 2.75) is 17.6 Å². The highest BCUT2D eigenvalue weighted by atomic mass is 35.5. The number of rotatable bonds is 3. The smallest absolute Gasteiger partial charge is 0.404 e. The summed E-state index contributed by atoms with van der Waals surface area (Å²) < 4.78 is 56.7. The third-order valence-electron chi connectivity index (χ3n) is 4.88. The molecule has 3 unspecified atom stereocenters. The molecule has 30 heavy (non-hydrogen) atoms. The van der Waals surface area contributed by atoms with Crippen LogP contribution in [-0.2, 0) is 10.2 Å². The Hall–Kier alpha value is -2.34. The van der Waals surface area contributed by atoms with Crippen LogP contribution in [0.4, 0.5) is 17.6 Å². The van der Waals surface area contributed by atoms with Crippen molar-refractivity contribution in [3.05, 3.63) is 67.9 Å². The molecule has 0 saturated heterocycles. The Morgan fingerprint density at radius 3 is 2.27 bits per heavy atom. The minimum Gasteiger partial charge on any atom is -0.550 e. The van der Waals surface area contributed by atoms with Crippen LogP contribution >= 0.6 is 34.8 Å². The van der Waals surface area contributed by atoms with E-state index in [-0.39, 0.29) is 20.6 Å². The second-order valence-corrected chi connectivity index (χ2v) is 7.68. The van der Waals surface area contributed by atoms with Crippen molar-refractivity contribution in [3.63, 3.8) is 0 Å². The standard InChI is InChI=1S/C19H9Cl3F4N2O2/c20-11-4-10(5-12(21)15(11)22)18(19(24,25)26)7-28-16(14(18)17(29)30)8-1-2-13(23)9(3-8)6-27/h1-5,7,14,16H,(H,29,30)/p-1. The zero-order valence-corrected chi connectivity index (χ0v) is 16.7. The Balaban J connectivity index is 2.27. The van der Waals surface area contributed by atoms with Gasteiger partial charge in [0.25, 0.3) is 0 Å². The zero-order valence-electron chi connectivity index (χ0n) is 14.5. The highest BCUT2D eigenvalue weighted by Crippen LogP contribution is 2.55. The van der Waals surface area contributed by atoms with Crippen LogP contribution < -0.4 is 5.11 Å². The van der Waals surface area contributed by atoms with Gasteiger partial charge in [-0.3, -0.25) is 4.99 Å². The summed E-state index contributed by atoms with van der Waals surface area (Å²) in [5, 5.41) is 20.1. The first-order chi connectivity index (χ1) is 13.9. The van der Waals surface area contributed by atoms with E-state index in [2.05, 4.69) is 4.99 Å². The average molecular weight is 479 g/mol. The van der Waals surface area contributed by atoms with E-state index in [1.807, 2.05) is 0 Å². The fourth-order valence-corrected chi connectivity index (χ4v) is 4.08. The van der Waals surface area contributed by atoms with Gasteiger partial charge in [0.1, 0.15) is 17.3 Å². The Labute approximate surface area is 182 Å². The van der Waals surface area contributed by atoms with E-state index < -0.39 is 46.5 Å². The van der Waals surface area contributed by atoms with Crippen LogP contribution in [0.1, 0.15) is 22.7 Å². The summed E-state index contributed by atoms with van der Waals surface area (Å²) in [4.78, 5) is 15.7. The van der Waals surface area contributed by atoms with Crippen LogP contribution in [0.15, 0.2) is 35.3 Å². The van der Waals surface area contributed by atoms with Crippen molar-refractivity contribution in [2.75, 3.05) is 0 Å². The van der Waals surface area contributed by atoms with Crippen molar-refractivity contribution in [2.24, 2.45) is 10.9 Å². The fourth-order valence-electron chi connectivity index (χ4n) is 3.48. The molecule has 1 aliphatic heterocycles. The number of carbonyl (C=O) groups excluding carboxylic acids is 1. The molecule has 0 radical (unpaired) electrons. The fraction of sp³-hybridized carbons (Fsp3) is 0.211. The molecule has 156 valence electrons. The number of halogens is 7. The predicted molar refractivity (Wildman–Crippen MR) is 100 cm³/mol. The van der Waals surface area contributed by atoms with E-state index >= 15 is 0 Å². The first-order valence-corrected chi connectivity index (χ1v) is 9.24. The molecular weight excluding hydrogens is 471 g/mol. The second-order valence-electron chi connectivity index (χ2n) is 6.49. The van der Waals surface area contributed by atoms with Crippen LogP contribution in [0.25, 0.3) is 0 Å². The Bertz CT molecular complexity index is 1090. The van der Waals surface area contributed by atoms with E-state index in [1.165, 1.54) is 0 Å². The lowest BCUT2D eigenvalue weighted by molar-refractivity contribution is -0.318. The van der Waals surface area contributed by atoms with Gasteiger partial charge in [-0.15, -0.1) is 0 Å². The van der Waals surface area contributed by atoms with Gasteiger partial charge < -0.3 is 9.90 Å². The monoisotopic (exact) mass is 477 g/mol. The van der Waals surface area contributed by atoms with Crippen LogP contribution in [-0.4, -0.2) is 18.4 Å². The summed E-state index contributed by atoms with van der Waals surface area (Å²) >= 11 is 17.6. The first kappa shape index (κ1) is 22.3. The summed E-state index contributed by atoms with van der Waals surface area (Å²) in [6, 6.07) is 4.50. The normalized spacial score (nSPS) is 23.4. The largest absolute Gasteiger partial charge is 0.550 e. The van der Waals surface area contributed by atoms with Crippen LogP contribution in [0, 0.1) is 23.1 Å². The third kappa shape index (κ3) is 3.41. The SMILES string of the molecule is N#Cc1cc(C2N=CC(c3cc(Cl)c(Cl)c(Cl)c3)(C(F)(F)F)C2C(=O)[O-])ccc1F. The lowest BCUT2D eigenvalue weighted by Crippen LogP contribution is -2.54. The minimum atomic E-state index is -5.16. The molecular formula is C19H8Cl3F4N2O2-. The number of alkyl halides is 3. The van der Waals surface area contributed by atoms with Gasteiger partial charge >= 0.3 is 6.18 Å². The Kier molecular flexibility index (Phi) is 5.76. The highest BCUT2D eigenvalue weighted by molar-refractivity contribution is 6.48. The highest BCUT2D eigenvalue weighted by Gasteiger charge is 2.64. The number of aliphatic imine (C=N–C) groups is 1. The second kappa shape index (κ2) is 7.73. The Morgan fingerprint density at radius 2 is 1.77 bits per heavy atom. The van der Waals surface area contributed by atoms with Crippen molar-refractivity contribution >= 4 is 47.0 Å². The molecule has 0 aliphatic carbocycles. The van der Waals surface area contributed by atoms with Gasteiger partial charge in [-0.2, -0.15) is 18.4 Å². The summed E-state index contributed by atoms with van der Waals surface area (Å²) in [5.41, 5.74) is -4.33. The molecule has 1 aliphatic rings. The van der Waals surface area contributed by atoms with Gasteiger partial charge in [-0.05, 0) is 35.4 Å². The molecule has 0 aromatic heterocycles. The van der Waals surface area contributed by atoms with E-state index in [1.54, 1.807) is 6.07 Å². The van der Waals surface area contributed by atoms with Gasteiger partial charge in [0.2, 0.25) is 0 Å². The van der Waals surface area contributed by atoms with Crippen molar-refractivity contribution in [3.8, 4) is 6.07 Å². The lowest BCUT2D eigenvalue weighted by atomic mass is 9.68. The number of carboxylic acids is 1. The van der Waals surface area contributed by atoms with Crippen molar-refractivity contribution in [1.29, 1.82) is 5.26 Å². The molecule has 0 saturated carbocycles. The molecule has 3 rings (SSSR count). The first-order valence-electron chi connectivity index (χ1n) is 8.10. The van der Waals surface area contributed by atoms with E-state index in [0.29, 0.717) is 6.21 Å². The van der Waals surface area contributed by atoms with E-state index in [4.69, 9.17) is 40.1 Å². The average Bonchev–Trinajstić information content (AvgIpc) is 3.08. The molecule has 4 nitrogen and oxygen atoms in total. The quantitative estimate of drug-likeness (QED) is 0.476. The summed E-state index contributed by atoms with van der Waals surface area (Å²) in [5.74, 6) is -5.26. The number of carboxylic acid groups (broad SMARTS) is 1. The number of carbonyl (C=O) groups is 1. The molecule has 0 bridgehead atoms. The number of hydrogen-bond acceptors (Lipinski definition) is 4. The topological polar surface area (TPSA) is 76.3 Å². The summed E-state index contributed by atoms with van der Waals surface area (Å²) in [6.45, 7) is 0. The Morgan fingerprint density at radius 1 is 1.17 bits per heavy atom. The number of hydrogen-bond donors (Lipinski definition) is 0.